The Hall–Kier alpha value is -0.870. The van der Waals surface area contributed by atoms with Crippen molar-refractivity contribution in [2.24, 2.45) is 0 Å². The molecule has 1 unspecified atom stereocenters. The van der Waals surface area contributed by atoms with Gasteiger partial charge >= 0.3 is 0 Å². The summed E-state index contributed by atoms with van der Waals surface area (Å²) in [6.45, 7) is 2.91. The van der Waals surface area contributed by atoms with E-state index in [0.29, 0.717) is 5.92 Å². The van der Waals surface area contributed by atoms with Crippen LogP contribution in [0.15, 0.2) is 10.7 Å². The summed E-state index contributed by atoms with van der Waals surface area (Å²) in [5, 5.41) is 6.42. The van der Waals surface area contributed by atoms with E-state index in [2.05, 4.69) is 15.6 Å². The SMILES string of the molecule is CNCc1coc(C2CCCNC2)n1. The second-order valence-corrected chi connectivity index (χ2v) is 3.75. The van der Waals surface area contributed by atoms with Gasteiger partial charge in [0, 0.05) is 19.0 Å². The average Bonchev–Trinajstić information content (AvgIpc) is 2.68. The number of nitrogens with one attached hydrogen (secondary N) is 2. The summed E-state index contributed by atoms with van der Waals surface area (Å²) in [6.07, 6.45) is 4.15. The van der Waals surface area contributed by atoms with E-state index >= 15 is 0 Å². The molecule has 0 radical (unpaired) electrons. The standard InChI is InChI=1S/C10H17N3O/c1-11-6-9-7-14-10(13-9)8-3-2-4-12-5-8/h7-8,11-12H,2-6H2,1H3. The third-order valence-corrected chi connectivity index (χ3v) is 2.57. The Balaban J connectivity index is 2.00. The summed E-state index contributed by atoms with van der Waals surface area (Å²) in [7, 11) is 1.91. The number of hydrogen-bond donors (Lipinski definition) is 2. The van der Waals surface area contributed by atoms with Crippen molar-refractivity contribution in [2.45, 2.75) is 25.3 Å². The predicted octanol–water partition coefficient (Wildman–Crippen LogP) is 0.861. The number of aromatic nitrogens is 1. The van der Waals surface area contributed by atoms with Gasteiger partial charge in [-0.25, -0.2) is 4.98 Å². The smallest absolute Gasteiger partial charge is 0.198 e. The summed E-state index contributed by atoms with van der Waals surface area (Å²) in [6, 6.07) is 0. The first-order chi connectivity index (χ1) is 6.90. The largest absolute Gasteiger partial charge is 0.448 e. The van der Waals surface area contributed by atoms with E-state index in [1.54, 1.807) is 6.26 Å². The molecule has 0 aromatic carbocycles. The van der Waals surface area contributed by atoms with E-state index in [1.165, 1.54) is 12.8 Å². The summed E-state index contributed by atoms with van der Waals surface area (Å²) in [5.74, 6) is 1.36. The molecule has 1 fully saturated rings. The molecule has 1 aromatic heterocycles. The van der Waals surface area contributed by atoms with Gasteiger partial charge in [0.15, 0.2) is 5.89 Å². The summed E-state index contributed by atoms with van der Waals surface area (Å²) in [5.41, 5.74) is 0.994. The van der Waals surface area contributed by atoms with Crippen LogP contribution in [0.5, 0.6) is 0 Å². The number of oxazole rings is 1. The lowest BCUT2D eigenvalue weighted by Gasteiger charge is -2.19. The molecule has 2 N–H and O–H groups in total. The second kappa shape index (κ2) is 4.57. The molecular formula is C10H17N3O. The molecule has 2 rings (SSSR count). The summed E-state index contributed by atoms with van der Waals surface area (Å²) < 4.78 is 5.47. The van der Waals surface area contributed by atoms with E-state index < -0.39 is 0 Å². The van der Waals surface area contributed by atoms with Crippen LogP contribution >= 0.6 is 0 Å². The molecule has 4 heteroatoms. The van der Waals surface area contributed by atoms with Crippen molar-refractivity contribution in [3.05, 3.63) is 17.8 Å². The number of piperidine rings is 1. The van der Waals surface area contributed by atoms with Crippen molar-refractivity contribution in [1.82, 2.24) is 15.6 Å². The van der Waals surface area contributed by atoms with Gasteiger partial charge in [-0.05, 0) is 26.4 Å². The van der Waals surface area contributed by atoms with Crippen LogP contribution in [-0.4, -0.2) is 25.1 Å². The topological polar surface area (TPSA) is 50.1 Å². The van der Waals surface area contributed by atoms with Crippen molar-refractivity contribution in [2.75, 3.05) is 20.1 Å². The van der Waals surface area contributed by atoms with Crippen molar-refractivity contribution in [3.8, 4) is 0 Å². The lowest BCUT2D eigenvalue weighted by atomic mass is 10.00. The fourth-order valence-electron chi connectivity index (χ4n) is 1.84. The lowest BCUT2D eigenvalue weighted by Crippen LogP contribution is -2.28. The van der Waals surface area contributed by atoms with Gasteiger partial charge in [-0.2, -0.15) is 0 Å². The zero-order valence-corrected chi connectivity index (χ0v) is 8.55. The Kier molecular flexibility index (Phi) is 3.16. The summed E-state index contributed by atoms with van der Waals surface area (Å²) >= 11 is 0. The van der Waals surface area contributed by atoms with E-state index in [9.17, 15) is 0 Å². The molecule has 1 atom stereocenters. The maximum atomic E-state index is 5.47. The van der Waals surface area contributed by atoms with Gasteiger partial charge in [-0.3, -0.25) is 0 Å². The lowest BCUT2D eigenvalue weighted by molar-refractivity contribution is 0.376. The van der Waals surface area contributed by atoms with Crippen LogP contribution in [0.2, 0.25) is 0 Å². The molecule has 1 aliphatic rings. The number of nitrogens with zero attached hydrogens (tertiary/aromatic N) is 1. The Morgan fingerprint density at radius 1 is 1.71 bits per heavy atom. The van der Waals surface area contributed by atoms with Crippen LogP contribution in [0, 0.1) is 0 Å². The van der Waals surface area contributed by atoms with Gasteiger partial charge in [0.1, 0.15) is 6.26 Å². The predicted molar refractivity (Wildman–Crippen MR) is 54.1 cm³/mol. The van der Waals surface area contributed by atoms with Gasteiger partial charge < -0.3 is 15.1 Å². The molecule has 0 amide bonds. The van der Waals surface area contributed by atoms with E-state index in [0.717, 1.165) is 31.2 Å². The molecule has 0 saturated carbocycles. The maximum Gasteiger partial charge on any atom is 0.198 e. The first-order valence-corrected chi connectivity index (χ1v) is 5.20. The molecular weight excluding hydrogens is 178 g/mol. The molecule has 2 heterocycles. The van der Waals surface area contributed by atoms with Crippen molar-refractivity contribution < 1.29 is 4.42 Å². The van der Waals surface area contributed by atoms with Crippen molar-refractivity contribution >= 4 is 0 Å². The molecule has 1 aromatic rings. The Labute approximate surface area is 84.1 Å². The maximum absolute atomic E-state index is 5.47. The highest BCUT2D eigenvalue weighted by Crippen LogP contribution is 2.22. The number of hydrogen-bond acceptors (Lipinski definition) is 4. The van der Waals surface area contributed by atoms with Crippen LogP contribution in [0.1, 0.15) is 30.3 Å². The number of rotatable bonds is 3. The van der Waals surface area contributed by atoms with Crippen LogP contribution in [0.3, 0.4) is 0 Å². The van der Waals surface area contributed by atoms with Crippen LogP contribution in [-0.2, 0) is 6.54 Å². The van der Waals surface area contributed by atoms with Crippen molar-refractivity contribution in [1.29, 1.82) is 0 Å². The Bertz CT molecular complexity index is 279. The molecule has 0 bridgehead atoms. The van der Waals surface area contributed by atoms with Crippen LogP contribution in [0.25, 0.3) is 0 Å². The average molecular weight is 195 g/mol. The van der Waals surface area contributed by atoms with Crippen LogP contribution in [0.4, 0.5) is 0 Å². The van der Waals surface area contributed by atoms with E-state index in [4.69, 9.17) is 4.42 Å². The molecule has 0 spiro atoms. The normalized spacial score (nSPS) is 22.5. The van der Waals surface area contributed by atoms with E-state index in [1.807, 2.05) is 7.05 Å². The first-order valence-electron chi connectivity index (χ1n) is 5.20. The van der Waals surface area contributed by atoms with Gasteiger partial charge in [0.2, 0.25) is 0 Å². The molecule has 4 nitrogen and oxygen atoms in total. The zero-order chi connectivity index (χ0) is 9.80. The third-order valence-electron chi connectivity index (χ3n) is 2.57. The van der Waals surface area contributed by atoms with Crippen LogP contribution < -0.4 is 10.6 Å². The Morgan fingerprint density at radius 3 is 3.36 bits per heavy atom. The monoisotopic (exact) mass is 195 g/mol. The fraction of sp³-hybridized carbons (Fsp3) is 0.700. The third kappa shape index (κ3) is 2.13. The molecule has 1 aliphatic heterocycles. The van der Waals surface area contributed by atoms with E-state index in [-0.39, 0.29) is 0 Å². The quantitative estimate of drug-likeness (QED) is 0.751. The second-order valence-electron chi connectivity index (χ2n) is 3.75. The highest BCUT2D eigenvalue weighted by atomic mass is 16.3. The zero-order valence-electron chi connectivity index (χ0n) is 8.55. The highest BCUT2D eigenvalue weighted by molar-refractivity contribution is 5.02. The van der Waals surface area contributed by atoms with Gasteiger partial charge in [0.25, 0.3) is 0 Å². The van der Waals surface area contributed by atoms with Gasteiger partial charge in [0.05, 0.1) is 5.69 Å². The fourth-order valence-corrected chi connectivity index (χ4v) is 1.84. The summed E-state index contributed by atoms with van der Waals surface area (Å²) in [4.78, 5) is 4.45. The van der Waals surface area contributed by atoms with Gasteiger partial charge in [-0.1, -0.05) is 0 Å². The molecule has 14 heavy (non-hydrogen) atoms. The van der Waals surface area contributed by atoms with Crippen molar-refractivity contribution in [3.63, 3.8) is 0 Å². The highest BCUT2D eigenvalue weighted by Gasteiger charge is 2.19. The minimum absolute atomic E-state index is 0.467. The van der Waals surface area contributed by atoms with Gasteiger partial charge in [-0.15, -0.1) is 0 Å². The molecule has 78 valence electrons. The minimum atomic E-state index is 0.467. The molecule has 0 aliphatic carbocycles. The first kappa shape index (κ1) is 9.68. The minimum Gasteiger partial charge on any atom is -0.448 e. The molecule has 1 saturated heterocycles. The Morgan fingerprint density at radius 2 is 2.64 bits per heavy atom.